The molecule has 0 saturated heterocycles. The van der Waals surface area contributed by atoms with Crippen molar-refractivity contribution < 1.29 is 5.11 Å². The molecule has 0 amide bonds. The van der Waals surface area contributed by atoms with Gasteiger partial charge in [0.1, 0.15) is 0 Å². The number of fused-ring (bicyclic) bond motifs is 1. The van der Waals surface area contributed by atoms with Crippen LogP contribution < -0.4 is 0 Å². The van der Waals surface area contributed by atoms with Crippen LogP contribution in [0.25, 0.3) is 11.0 Å². The molecule has 1 aliphatic carbocycles. The average molecular weight is 297 g/mol. The third-order valence-electron chi connectivity index (χ3n) is 3.98. The minimum atomic E-state index is -0.327. The van der Waals surface area contributed by atoms with E-state index in [2.05, 4.69) is 4.98 Å². The average Bonchev–Trinajstić information content (AvgIpc) is 2.57. The highest BCUT2D eigenvalue weighted by atomic mass is 35.5. The molecule has 2 aromatic rings. The highest BCUT2D eigenvalue weighted by Crippen LogP contribution is 2.32. The number of aromatic nitrogens is 2. The maximum atomic E-state index is 10.4. The summed E-state index contributed by atoms with van der Waals surface area (Å²) in [7, 11) is 0. The molecule has 1 aliphatic rings. The van der Waals surface area contributed by atoms with E-state index in [1.54, 1.807) is 0 Å². The van der Waals surface area contributed by atoms with Gasteiger partial charge in [-0.3, -0.25) is 0 Å². The first-order valence-electron chi connectivity index (χ1n) is 6.75. The smallest absolute Gasteiger partial charge is 0.178 e. The number of aliphatic hydroxyl groups excluding tert-OH is 1. The third kappa shape index (κ3) is 2.33. The summed E-state index contributed by atoms with van der Waals surface area (Å²) in [5, 5.41) is 11.0. The Bertz CT molecular complexity index is 648. The lowest BCUT2D eigenvalue weighted by Gasteiger charge is -2.22. The maximum Gasteiger partial charge on any atom is 0.178 e. The Kier molecular flexibility index (Phi) is 3.65. The van der Waals surface area contributed by atoms with Crippen LogP contribution in [0.3, 0.4) is 0 Å². The van der Waals surface area contributed by atoms with Crippen molar-refractivity contribution in [3.8, 4) is 0 Å². The Morgan fingerprint density at radius 1 is 1.26 bits per heavy atom. The molecule has 1 aromatic carbocycles. The van der Waals surface area contributed by atoms with Gasteiger partial charge in [-0.1, -0.05) is 36.9 Å². The number of para-hydroxylation sites is 1. The van der Waals surface area contributed by atoms with Gasteiger partial charge < -0.3 is 14.7 Å². The van der Waals surface area contributed by atoms with Crippen LogP contribution >= 0.6 is 23.8 Å². The summed E-state index contributed by atoms with van der Waals surface area (Å²) in [5.41, 5.74) is 1.86. The van der Waals surface area contributed by atoms with Crippen molar-refractivity contribution in [2.75, 3.05) is 0 Å². The second-order valence-corrected chi connectivity index (χ2v) is 6.00. The normalized spacial score (nSPS) is 24.5. The summed E-state index contributed by atoms with van der Waals surface area (Å²) < 4.78 is 2.70. The standard InChI is InChI=1S/C14H17ClN2OS/c15-9-5-4-7-11-13(9)16-14(19)17(11)10-6-2-1-3-8-12(10)18/h4-5,7,10,12,18H,1-3,6,8H2,(H,16,19). The van der Waals surface area contributed by atoms with Gasteiger partial charge in [0.2, 0.25) is 0 Å². The predicted molar refractivity (Wildman–Crippen MR) is 80.3 cm³/mol. The van der Waals surface area contributed by atoms with Gasteiger partial charge in [-0.2, -0.15) is 0 Å². The minimum Gasteiger partial charge on any atom is -0.391 e. The topological polar surface area (TPSA) is 41.0 Å². The predicted octanol–water partition coefficient (Wildman–Crippen LogP) is 4.22. The maximum absolute atomic E-state index is 10.4. The molecule has 0 aliphatic heterocycles. The summed E-state index contributed by atoms with van der Waals surface area (Å²) in [6.45, 7) is 0. The molecular weight excluding hydrogens is 280 g/mol. The molecule has 1 saturated carbocycles. The van der Waals surface area contributed by atoms with E-state index in [1.165, 1.54) is 6.42 Å². The number of H-pyrrole nitrogens is 1. The Morgan fingerprint density at radius 2 is 2.05 bits per heavy atom. The monoisotopic (exact) mass is 296 g/mol. The van der Waals surface area contributed by atoms with Gasteiger partial charge in [-0.05, 0) is 37.2 Å². The number of halogens is 1. The van der Waals surface area contributed by atoms with Crippen molar-refractivity contribution >= 4 is 34.9 Å². The molecule has 0 spiro atoms. The van der Waals surface area contributed by atoms with Gasteiger partial charge in [0.05, 0.1) is 28.2 Å². The van der Waals surface area contributed by atoms with Gasteiger partial charge in [-0.25, -0.2) is 0 Å². The van der Waals surface area contributed by atoms with Crippen LogP contribution in [0.4, 0.5) is 0 Å². The van der Waals surface area contributed by atoms with E-state index in [0.717, 1.165) is 36.7 Å². The summed E-state index contributed by atoms with van der Waals surface area (Å²) in [4.78, 5) is 3.17. The molecule has 2 atom stereocenters. The number of hydrogen-bond acceptors (Lipinski definition) is 2. The van der Waals surface area contributed by atoms with E-state index in [4.69, 9.17) is 23.8 Å². The number of nitrogens with one attached hydrogen (secondary N) is 1. The second kappa shape index (κ2) is 5.27. The number of aromatic amines is 1. The number of aliphatic hydroxyl groups is 1. The molecule has 5 heteroatoms. The molecule has 0 radical (unpaired) electrons. The number of hydrogen-bond donors (Lipinski definition) is 2. The zero-order chi connectivity index (χ0) is 13.4. The van der Waals surface area contributed by atoms with Crippen LogP contribution in [0.5, 0.6) is 0 Å². The van der Waals surface area contributed by atoms with E-state index < -0.39 is 0 Å². The number of rotatable bonds is 1. The minimum absolute atomic E-state index is 0.0576. The van der Waals surface area contributed by atoms with Crippen LogP contribution in [0, 0.1) is 4.77 Å². The molecular formula is C14H17ClN2OS. The Labute approximate surface area is 122 Å². The number of benzene rings is 1. The lowest BCUT2D eigenvalue weighted by atomic mass is 10.1. The van der Waals surface area contributed by atoms with Crippen LogP contribution in [-0.2, 0) is 0 Å². The molecule has 19 heavy (non-hydrogen) atoms. The molecule has 2 unspecified atom stereocenters. The van der Waals surface area contributed by atoms with Crippen molar-refractivity contribution in [3.63, 3.8) is 0 Å². The summed E-state index contributed by atoms with van der Waals surface area (Å²) in [5.74, 6) is 0. The first-order valence-corrected chi connectivity index (χ1v) is 7.54. The molecule has 2 N–H and O–H groups in total. The SMILES string of the molecule is OC1CCCCCC1n1c(=S)[nH]c2c(Cl)cccc21. The molecule has 0 bridgehead atoms. The largest absolute Gasteiger partial charge is 0.391 e. The molecule has 1 aromatic heterocycles. The molecule has 3 nitrogen and oxygen atoms in total. The van der Waals surface area contributed by atoms with Crippen LogP contribution in [0.2, 0.25) is 5.02 Å². The molecule has 102 valence electrons. The van der Waals surface area contributed by atoms with E-state index in [0.29, 0.717) is 9.79 Å². The highest BCUT2D eigenvalue weighted by Gasteiger charge is 2.25. The Morgan fingerprint density at radius 3 is 2.89 bits per heavy atom. The summed E-state index contributed by atoms with van der Waals surface area (Å²) in [6, 6.07) is 5.84. The van der Waals surface area contributed by atoms with Crippen molar-refractivity contribution in [1.29, 1.82) is 0 Å². The Balaban J connectivity index is 2.16. The second-order valence-electron chi connectivity index (χ2n) is 5.21. The van der Waals surface area contributed by atoms with Gasteiger partial charge in [-0.15, -0.1) is 0 Å². The zero-order valence-electron chi connectivity index (χ0n) is 10.6. The van der Waals surface area contributed by atoms with Crippen LogP contribution in [0.15, 0.2) is 18.2 Å². The van der Waals surface area contributed by atoms with Crippen molar-refractivity contribution in [1.82, 2.24) is 9.55 Å². The van der Waals surface area contributed by atoms with Crippen molar-refractivity contribution in [2.24, 2.45) is 0 Å². The van der Waals surface area contributed by atoms with E-state index >= 15 is 0 Å². The molecule has 1 fully saturated rings. The number of imidazole rings is 1. The fraction of sp³-hybridized carbons (Fsp3) is 0.500. The van der Waals surface area contributed by atoms with Gasteiger partial charge in [0.15, 0.2) is 4.77 Å². The lowest BCUT2D eigenvalue weighted by molar-refractivity contribution is 0.107. The third-order valence-corrected chi connectivity index (χ3v) is 4.59. The number of nitrogens with zero attached hydrogens (tertiary/aromatic N) is 1. The molecule has 3 rings (SSSR count). The Hall–Kier alpha value is -0.840. The first kappa shape index (κ1) is 13.2. The van der Waals surface area contributed by atoms with Gasteiger partial charge in [0, 0.05) is 0 Å². The van der Waals surface area contributed by atoms with Crippen molar-refractivity contribution in [2.45, 2.75) is 44.2 Å². The van der Waals surface area contributed by atoms with Crippen molar-refractivity contribution in [3.05, 3.63) is 28.0 Å². The lowest BCUT2D eigenvalue weighted by Crippen LogP contribution is -2.23. The van der Waals surface area contributed by atoms with E-state index in [9.17, 15) is 5.11 Å². The fourth-order valence-corrected chi connectivity index (χ4v) is 3.57. The molecule has 1 heterocycles. The summed E-state index contributed by atoms with van der Waals surface area (Å²) >= 11 is 11.6. The van der Waals surface area contributed by atoms with E-state index in [-0.39, 0.29) is 12.1 Å². The van der Waals surface area contributed by atoms with E-state index in [1.807, 2.05) is 22.8 Å². The highest BCUT2D eigenvalue weighted by molar-refractivity contribution is 7.71. The zero-order valence-corrected chi connectivity index (χ0v) is 12.2. The quantitative estimate of drug-likeness (QED) is 0.611. The summed E-state index contributed by atoms with van der Waals surface area (Å²) in [6.07, 6.45) is 4.90. The van der Waals surface area contributed by atoms with Gasteiger partial charge in [0.25, 0.3) is 0 Å². The van der Waals surface area contributed by atoms with Crippen LogP contribution in [0.1, 0.15) is 38.1 Å². The first-order chi connectivity index (χ1) is 9.18. The van der Waals surface area contributed by atoms with Gasteiger partial charge >= 0.3 is 0 Å². The fourth-order valence-electron chi connectivity index (χ4n) is 3.01. The van der Waals surface area contributed by atoms with Crippen LogP contribution in [-0.4, -0.2) is 20.8 Å².